The van der Waals surface area contributed by atoms with Crippen molar-refractivity contribution in [2.24, 2.45) is 5.92 Å². The summed E-state index contributed by atoms with van der Waals surface area (Å²) >= 11 is 3.32. The number of thiophene rings is 1. The topological polar surface area (TPSA) is 59.8 Å². The van der Waals surface area contributed by atoms with E-state index in [9.17, 15) is 4.79 Å². The Hall–Kier alpha value is -1.34. The van der Waals surface area contributed by atoms with Crippen LogP contribution in [-0.2, 0) is 11.2 Å². The summed E-state index contributed by atoms with van der Waals surface area (Å²) in [6.45, 7) is 2.26. The molecule has 2 aliphatic rings. The van der Waals surface area contributed by atoms with E-state index in [1.54, 1.807) is 23.1 Å². The number of amides is 1. The molecule has 2 aromatic rings. The maximum atomic E-state index is 12.6. The molecule has 2 fully saturated rings. The minimum atomic E-state index is 0.131. The van der Waals surface area contributed by atoms with E-state index in [4.69, 9.17) is 0 Å². The molecule has 29 heavy (non-hydrogen) atoms. The van der Waals surface area contributed by atoms with Crippen LogP contribution in [0.3, 0.4) is 0 Å². The lowest BCUT2D eigenvalue weighted by Crippen LogP contribution is -2.41. The number of nitrogens with zero attached hydrogens (tertiary/aromatic N) is 3. The molecule has 5 nitrogen and oxygen atoms in total. The van der Waals surface area contributed by atoms with Crippen molar-refractivity contribution in [2.45, 2.75) is 88.4 Å². The molecule has 2 atom stereocenters. The molecule has 1 amide bonds. The summed E-state index contributed by atoms with van der Waals surface area (Å²) in [7, 11) is 0. The second-order valence-corrected chi connectivity index (χ2v) is 10.5. The number of rotatable bonds is 7. The fraction of sp³-hybridized carbons (Fsp3) is 0.682. The van der Waals surface area contributed by atoms with E-state index in [1.165, 1.54) is 56.2 Å². The molecular formula is C22H32N4OS2. The smallest absolute Gasteiger partial charge is 0.230 e. The van der Waals surface area contributed by atoms with Gasteiger partial charge in [0.2, 0.25) is 5.91 Å². The summed E-state index contributed by atoms with van der Waals surface area (Å²) in [5.74, 6) is 2.18. The fourth-order valence-corrected chi connectivity index (χ4v) is 6.25. The molecule has 2 saturated carbocycles. The number of hydrogen-bond acceptors (Lipinski definition) is 5. The van der Waals surface area contributed by atoms with Crippen LogP contribution in [0.15, 0.2) is 22.7 Å². The van der Waals surface area contributed by atoms with Gasteiger partial charge in [0.05, 0.1) is 5.75 Å². The number of carbonyl (C=O) groups excluding carboxylic acids is 1. The Morgan fingerprint density at radius 2 is 1.97 bits per heavy atom. The average molecular weight is 433 g/mol. The minimum Gasteiger partial charge on any atom is -0.352 e. The highest BCUT2D eigenvalue weighted by Crippen LogP contribution is 2.33. The number of thioether (sulfide) groups is 1. The Balaban J connectivity index is 1.43. The van der Waals surface area contributed by atoms with Gasteiger partial charge in [-0.1, -0.05) is 56.9 Å². The molecule has 2 aromatic heterocycles. The van der Waals surface area contributed by atoms with Crippen LogP contribution < -0.4 is 5.32 Å². The molecule has 0 saturated heterocycles. The predicted molar refractivity (Wildman–Crippen MR) is 120 cm³/mol. The van der Waals surface area contributed by atoms with Crippen molar-refractivity contribution in [1.82, 2.24) is 20.1 Å². The van der Waals surface area contributed by atoms with E-state index in [0.29, 0.717) is 23.8 Å². The van der Waals surface area contributed by atoms with Crippen molar-refractivity contribution >= 4 is 29.0 Å². The molecular weight excluding hydrogens is 400 g/mol. The Kier molecular flexibility index (Phi) is 7.29. The van der Waals surface area contributed by atoms with Gasteiger partial charge in [-0.25, -0.2) is 0 Å². The molecule has 1 N–H and O–H groups in total. The number of aromatic nitrogens is 3. The summed E-state index contributed by atoms with van der Waals surface area (Å²) in [6, 6.07) is 5.06. The van der Waals surface area contributed by atoms with Crippen LogP contribution in [0.25, 0.3) is 0 Å². The minimum absolute atomic E-state index is 0.131. The molecule has 0 aliphatic heterocycles. The van der Waals surface area contributed by atoms with Gasteiger partial charge >= 0.3 is 0 Å². The van der Waals surface area contributed by atoms with Gasteiger partial charge in [0, 0.05) is 23.4 Å². The SMILES string of the molecule is CC1CCCCC1NC(=O)CSc1nnc(Cc2cccs2)n1C1CCCCC1. The highest BCUT2D eigenvalue weighted by atomic mass is 32.2. The van der Waals surface area contributed by atoms with E-state index in [1.807, 2.05) is 0 Å². The van der Waals surface area contributed by atoms with Crippen LogP contribution in [0.2, 0.25) is 0 Å². The van der Waals surface area contributed by atoms with E-state index in [0.717, 1.165) is 23.8 Å². The highest BCUT2D eigenvalue weighted by Gasteiger charge is 2.25. The van der Waals surface area contributed by atoms with Crippen molar-refractivity contribution < 1.29 is 4.79 Å². The van der Waals surface area contributed by atoms with Crippen molar-refractivity contribution in [2.75, 3.05) is 5.75 Å². The van der Waals surface area contributed by atoms with Crippen molar-refractivity contribution in [3.8, 4) is 0 Å². The molecule has 2 aliphatic carbocycles. The van der Waals surface area contributed by atoms with Gasteiger partial charge in [-0.2, -0.15) is 0 Å². The molecule has 4 rings (SSSR count). The molecule has 0 aromatic carbocycles. The number of nitrogens with one attached hydrogen (secondary N) is 1. The molecule has 2 heterocycles. The quantitative estimate of drug-likeness (QED) is 0.609. The Labute approximate surface area is 182 Å². The van der Waals surface area contributed by atoms with Gasteiger partial charge < -0.3 is 9.88 Å². The monoisotopic (exact) mass is 432 g/mol. The van der Waals surface area contributed by atoms with Gasteiger partial charge in [-0.15, -0.1) is 21.5 Å². The van der Waals surface area contributed by atoms with E-state index in [2.05, 4.69) is 44.5 Å². The van der Waals surface area contributed by atoms with Gasteiger partial charge in [-0.05, 0) is 43.0 Å². The number of carbonyl (C=O) groups is 1. The molecule has 2 unspecified atom stereocenters. The summed E-state index contributed by atoms with van der Waals surface area (Å²) in [5.41, 5.74) is 0. The van der Waals surface area contributed by atoms with Crippen LogP contribution in [0, 0.1) is 5.92 Å². The first-order valence-electron chi connectivity index (χ1n) is 11.1. The third kappa shape index (κ3) is 5.43. The average Bonchev–Trinajstić information content (AvgIpc) is 3.39. The predicted octanol–water partition coefficient (Wildman–Crippen LogP) is 5.22. The zero-order chi connectivity index (χ0) is 20.1. The summed E-state index contributed by atoms with van der Waals surface area (Å²) < 4.78 is 2.35. The Morgan fingerprint density at radius 1 is 1.17 bits per heavy atom. The zero-order valence-electron chi connectivity index (χ0n) is 17.3. The Morgan fingerprint density at radius 3 is 2.72 bits per heavy atom. The van der Waals surface area contributed by atoms with Crippen LogP contribution in [-0.4, -0.2) is 32.5 Å². The first-order valence-corrected chi connectivity index (χ1v) is 13.0. The first-order chi connectivity index (χ1) is 14.2. The Bertz CT molecular complexity index is 783. The van der Waals surface area contributed by atoms with Crippen LogP contribution in [0.4, 0.5) is 0 Å². The maximum absolute atomic E-state index is 12.6. The molecule has 0 spiro atoms. The van der Waals surface area contributed by atoms with E-state index < -0.39 is 0 Å². The lowest BCUT2D eigenvalue weighted by atomic mass is 9.86. The lowest BCUT2D eigenvalue weighted by Gasteiger charge is -2.29. The first kappa shape index (κ1) is 20.9. The standard InChI is InChI=1S/C22H32N4OS2/c1-16-8-5-6-12-19(16)23-21(27)15-29-22-25-24-20(14-18-11-7-13-28-18)26(22)17-9-3-2-4-10-17/h7,11,13,16-17,19H,2-6,8-10,12,14-15H2,1H3,(H,23,27). The summed E-state index contributed by atoms with van der Waals surface area (Å²) in [5, 5.41) is 15.3. The molecule has 158 valence electrons. The third-order valence-corrected chi connectivity index (χ3v) is 8.20. The van der Waals surface area contributed by atoms with Gasteiger partial charge in [-0.3, -0.25) is 4.79 Å². The normalized spacial score (nSPS) is 23.2. The summed E-state index contributed by atoms with van der Waals surface area (Å²) in [6.07, 6.45) is 11.9. The van der Waals surface area contributed by atoms with Gasteiger partial charge in [0.1, 0.15) is 5.82 Å². The van der Waals surface area contributed by atoms with Gasteiger partial charge in [0.15, 0.2) is 5.16 Å². The second-order valence-electron chi connectivity index (χ2n) is 8.54. The van der Waals surface area contributed by atoms with E-state index in [-0.39, 0.29) is 5.91 Å². The van der Waals surface area contributed by atoms with Crippen molar-refractivity contribution in [3.63, 3.8) is 0 Å². The molecule has 0 radical (unpaired) electrons. The van der Waals surface area contributed by atoms with Crippen LogP contribution >= 0.6 is 23.1 Å². The zero-order valence-corrected chi connectivity index (χ0v) is 18.9. The maximum Gasteiger partial charge on any atom is 0.230 e. The molecule has 0 bridgehead atoms. The van der Waals surface area contributed by atoms with E-state index >= 15 is 0 Å². The molecule has 7 heteroatoms. The largest absolute Gasteiger partial charge is 0.352 e. The summed E-state index contributed by atoms with van der Waals surface area (Å²) in [4.78, 5) is 13.9. The fourth-order valence-electron chi connectivity index (χ4n) is 4.71. The second kappa shape index (κ2) is 10.1. The van der Waals surface area contributed by atoms with Crippen LogP contribution in [0.1, 0.15) is 81.5 Å². The highest BCUT2D eigenvalue weighted by molar-refractivity contribution is 7.99. The van der Waals surface area contributed by atoms with Crippen LogP contribution in [0.5, 0.6) is 0 Å². The van der Waals surface area contributed by atoms with Gasteiger partial charge in [0.25, 0.3) is 0 Å². The van der Waals surface area contributed by atoms with Crippen molar-refractivity contribution in [3.05, 3.63) is 28.2 Å². The van der Waals surface area contributed by atoms with Crippen molar-refractivity contribution in [1.29, 1.82) is 0 Å². The lowest BCUT2D eigenvalue weighted by molar-refractivity contribution is -0.119. The third-order valence-electron chi connectivity index (χ3n) is 6.38. The number of hydrogen-bond donors (Lipinski definition) is 1.